The number of aryl methyl sites for hydroxylation is 1. The Morgan fingerprint density at radius 3 is 2.58 bits per heavy atom. The normalized spacial score (nSPS) is 31.4. The molecule has 1 aliphatic carbocycles. The van der Waals surface area contributed by atoms with Crippen LogP contribution in [0.25, 0.3) is 0 Å². The minimum absolute atomic E-state index is 0.356. The highest BCUT2D eigenvalue weighted by molar-refractivity contribution is 5.44. The van der Waals surface area contributed by atoms with Gasteiger partial charge >= 0.3 is 0 Å². The fraction of sp³-hybridized carbons (Fsp3) is 0.647. The molecule has 4 atom stereocenters. The minimum atomic E-state index is 0.356. The molecule has 19 heavy (non-hydrogen) atoms. The van der Waals surface area contributed by atoms with E-state index in [0.29, 0.717) is 12.0 Å². The van der Waals surface area contributed by atoms with Crippen LogP contribution in [0.5, 0.6) is 0 Å². The van der Waals surface area contributed by atoms with Crippen LogP contribution < -0.4 is 11.5 Å². The Balaban J connectivity index is 2.09. The van der Waals surface area contributed by atoms with Crippen LogP contribution in [0.1, 0.15) is 44.2 Å². The van der Waals surface area contributed by atoms with Crippen molar-refractivity contribution in [3.63, 3.8) is 0 Å². The number of hydrogen-bond acceptors (Lipinski definition) is 2. The standard InChI is InChI=1S/C17H28N2/c1-4-13-9-15(17(19)8-12(13)3)10-14-5-6-16(18)7-11(14)2/h5-7,12-13,15,17H,4,8-10,18-19H2,1-3H3. The smallest absolute Gasteiger partial charge is 0.0316 e. The van der Waals surface area contributed by atoms with Crippen molar-refractivity contribution in [3.8, 4) is 0 Å². The second kappa shape index (κ2) is 5.96. The zero-order valence-corrected chi connectivity index (χ0v) is 12.5. The average Bonchev–Trinajstić information content (AvgIpc) is 2.35. The summed E-state index contributed by atoms with van der Waals surface area (Å²) in [4.78, 5) is 0. The molecule has 1 aliphatic rings. The number of rotatable bonds is 3. The van der Waals surface area contributed by atoms with E-state index in [1.54, 1.807) is 0 Å². The molecule has 1 saturated carbocycles. The number of nitrogens with two attached hydrogens (primary N) is 2. The maximum absolute atomic E-state index is 6.39. The quantitative estimate of drug-likeness (QED) is 0.817. The molecule has 0 aliphatic heterocycles. The number of nitrogen functional groups attached to an aromatic ring is 1. The Hall–Kier alpha value is -1.02. The fourth-order valence-electron chi connectivity index (χ4n) is 3.64. The van der Waals surface area contributed by atoms with Crippen LogP contribution in [0.4, 0.5) is 5.69 Å². The summed E-state index contributed by atoms with van der Waals surface area (Å²) in [5, 5.41) is 0. The fourth-order valence-corrected chi connectivity index (χ4v) is 3.64. The molecule has 0 heterocycles. The minimum Gasteiger partial charge on any atom is -0.399 e. The molecule has 1 aromatic carbocycles. The predicted octanol–water partition coefficient (Wildman–Crippen LogP) is 3.52. The van der Waals surface area contributed by atoms with Gasteiger partial charge in [0, 0.05) is 11.7 Å². The van der Waals surface area contributed by atoms with Gasteiger partial charge in [-0.3, -0.25) is 0 Å². The molecule has 0 radical (unpaired) electrons. The molecule has 0 amide bonds. The number of anilines is 1. The maximum atomic E-state index is 6.39. The van der Waals surface area contributed by atoms with Crippen molar-refractivity contribution in [2.45, 2.75) is 52.5 Å². The van der Waals surface area contributed by atoms with Crippen molar-refractivity contribution < 1.29 is 0 Å². The van der Waals surface area contributed by atoms with Gasteiger partial charge in [-0.25, -0.2) is 0 Å². The van der Waals surface area contributed by atoms with E-state index < -0.39 is 0 Å². The Morgan fingerprint density at radius 1 is 1.21 bits per heavy atom. The van der Waals surface area contributed by atoms with Gasteiger partial charge in [-0.1, -0.05) is 26.3 Å². The Labute approximate surface area is 117 Å². The van der Waals surface area contributed by atoms with Gasteiger partial charge < -0.3 is 11.5 Å². The van der Waals surface area contributed by atoms with Crippen LogP contribution in [0, 0.1) is 24.7 Å². The first-order chi connectivity index (χ1) is 9.01. The van der Waals surface area contributed by atoms with Gasteiger partial charge in [0.15, 0.2) is 0 Å². The largest absolute Gasteiger partial charge is 0.399 e. The van der Waals surface area contributed by atoms with Crippen LogP contribution in [0.2, 0.25) is 0 Å². The molecule has 0 spiro atoms. The first-order valence-electron chi connectivity index (χ1n) is 7.61. The second-order valence-electron chi connectivity index (χ2n) is 6.43. The zero-order chi connectivity index (χ0) is 14.0. The lowest BCUT2D eigenvalue weighted by Crippen LogP contribution is -2.41. The summed E-state index contributed by atoms with van der Waals surface area (Å²) in [5.74, 6) is 2.26. The lowest BCUT2D eigenvalue weighted by molar-refractivity contribution is 0.162. The van der Waals surface area contributed by atoms with Gasteiger partial charge in [0.25, 0.3) is 0 Å². The molecule has 106 valence electrons. The van der Waals surface area contributed by atoms with E-state index >= 15 is 0 Å². The van der Waals surface area contributed by atoms with Crippen molar-refractivity contribution in [2.75, 3.05) is 5.73 Å². The second-order valence-corrected chi connectivity index (χ2v) is 6.43. The van der Waals surface area contributed by atoms with E-state index in [9.17, 15) is 0 Å². The number of benzene rings is 1. The summed E-state index contributed by atoms with van der Waals surface area (Å²) in [6, 6.07) is 6.62. The Bertz CT molecular complexity index is 427. The van der Waals surface area contributed by atoms with E-state index in [4.69, 9.17) is 11.5 Å². The van der Waals surface area contributed by atoms with E-state index in [1.807, 2.05) is 6.07 Å². The summed E-state index contributed by atoms with van der Waals surface area (Å²) in [5.41, 5.74) is 15.8. The molecule has 0 bridgehead atoms. The van der Waals surface area contributed by atoms with Gasteiger partial charge in [-0.2, -0.15) is 0 Å². The average molecular weight is 260 g/mol. The van der Waals surface area contributed by atoms with Crippen molar-refractivity contribution in [3.05, 3.63) is 29.3 Å². The first-order valence-corrected chi connectivity index (χ1v) is 7.61. The van der Waals surface area contributed by atoms with Gasteiger partial charge in [0.05, 0.1) is 0 Å². The van der Waals surface area contributed by atoms with Crippen LogP contribution in [-0.2, 0) is 6.42 Å². The van der Waals surface area contributed by atoms with Crippen molar-refractivity contribution in [1.29, 1.82) is 0 Å². The van der Waals surface area contributed by atoms with Crippen molar-refractivity contribution in [1.82, 2.24) is 0 Å². The maximum Gasteiger partial charge on any atom is 0.0316 e. The first kappa shape index (κ1) is 14.4. The van der Waals surface area contributed by atoms with Crippen molar-refractivity contribution in [2.24, 2.45) is 23.5 Å². The molecule has 2 rings (SSSR count). The SMILES string of the molecule is CCC1CC(Cc2ccc(N)cc2C)C(N)CC1C. The molecule has 0 aromatic heterocycles. The van der Waals surface area contributed by atoms with Gasteiger partial charge in [0.2, 0.25) is 0 Å². The third-order valence-electron chi connectivity index (χ3n) is 5.03. The van der Waals surface area contributed by atoms with E-state index in [0.717, 1.165) is 23.9 Å². The molecule has 4 unspecified atom stereocenters. The summed E-state index contributed by atoms with van der Waals surface area (Å²) in [7, 11) is 0. The van der Waals surface area contributed by atoms with Crippen LogP contribution in [0.3, 0.4) is 0 Å². The topological polar surface area (TPSA) is 52.0 Å². The summed E-state index contributed by atoms with van der Waals surface area (Å²) in [6.45, 7) is 6.82. The summed E-state index contributed by atoms with van der Waals surface area (Å²) in [6.07, 6.45) is 4.85. The van der Waals surface area contributed by atoms with Crippen LogP contribution in [0.15, 0.2) is 18.2 Å². The van der Waals surface area contributed by atoms with Crippen molar-refractivity contribution >= 4 is 5.69 Å². The monoisotopic (exact) mass is 260 g/mol. The third kappa shape index (κ3) is 3.30. The van der Waals surface area contributed by atoms with Gasteiger partial charge in [-0.15, -0.1) is 0 Å². The van der Waals surface area contributed by atoms with Crippen LogP contribution >= 0.6 is 0 Å². The molecule has 2 nitrogen and oxygen atoms in total. The summed E-state index contributed by atoms with van der Waals surface area (Å²) >= 11 is 0. The predicted molar refractivity (Wildman–Crippen MR) is 82.9 cm³/mol. The Kier molecular flexibility index (Phi) is 4.51. The summed E-state index contributed by atoms with van der Waals surface area (Å²) < 4.78 is 0. The molecular formula is C17H28N2. The Morgan fingerprint density at radius 2 is 1.95 bits per heavy atom. The zero-order valence-electron chi connectivity index (χ0n) is 12.5. The van der Waals surface area contributed by atoms with E-state index in [2.05, 4.69) is 32.9 Å². The third-order valence-corrected chi connectivity index (χ3v) is 5.03. The molecule has 1 fully saturated rings. The highest BCUT2D eigenvalue weighted by atomic mass is 14.7. The molecule has 2 heteroatoms. The highest BCUT2D eigenvalue weighted by Crippen LogP contribution is 2.36. The van der Waals surface area contributed by atoms with E-state index in [-0.39, 0.29) is 0 Å². The van der Waals surface area contributed by atoms with Crippen LogP contribution in [-0.4, -0.2) is 6.04 Å². The van der Waals surface area contributed by atoms with Gasteiger partial charge in [0.1, 0.15) is 0 Å². The number of hydrogen-bond donors (Lipinski definition) is 2. The lowest BCUT2D eigenvalue weighted by atomic mass is 9.69. The van der Waals surface area contributed by atoms with Gasteiger partial charge in [-0.05, 0) is 67.2 Å². The molecule has 4 N–H and O–H groups in total. The molecule has 1 aromatic rings. The molecule has 0 saturated heterocycles. The lowest BCUT2D eigenvalue weighted by Gasteiger charge is -2.38. The van der Waals surface area contributed by atoms with E-state index in [1.165, 1.54) is 30.4 Å². The molecular weight excluding hydrogens is 232 g/mol. The highest BCUT2D eigenvalue weighted by Gasteiger charge is 2.32.